The molecule has 0 aliphatic carbocycles. The number of Topliss-reactive ketones (excluding diaryl/α,β-unsaturated/α-hetero) is 1. The van der Waals surface area contributed by atoms with Crippen molar-refractivity contribution < 1.29 is 4.79 Å². The van der Waals surface area contributed by atoms with Crippen LogP contribution >= 0.6 is 21.6 Å². The molecule has 94 valence electrons. The molecule has 17 heavy (non-hydrogen) atoms. The Morgan fingerprint density at radius 1 is 1.35 bits per heavy atom. The van der Waals surface area contributed by atoms with Gasteiger partial charge in [0.2, 0.25) is 0 Å². The summed E-state index contributed by atoms with van der Waals surface area (Å²) in [6.45, 7) is 8.10. The smallest absolute Gasteiger partial charge is 0.130 e. The topological polar surface area (TPSA) is 17.1 Å². The zero-order valence-corrected chi connectivity index (χ0v) is 12.8. The van der Waals surface area contributed by atoms with E-state index in [1.54, 1.807) is 28.5 Å². The zero-order chi connectivity index (χ0) is 13.1. The highest BCUT2D eigenvalue weighted by molar-refractivity contribution is 8.76. The van der Waals surface area contributed by atoms with Crippen molar-refractivity contribution in [2.24, 2.45) is 0 Å². The van der Waals surface area contributed by atoms with Gasteiger partial charge in [-0.05, 0) is 42.7 Å². The van der Waals surface area contributed by atoms with Crippen molar-refractivity contribution in [1.82, 2.24) is 0 Å². The Balaban J connectivity index is 3.22. The summed E-state index contributed by atoms with van der Waals surface area (Å²) in [6, 6.07) is 6.36. The highest BCUT2D eigenvalue weighted by Crippen LogP contribution is 2.40. The van der Waals surface area contributed by atoms with Crippen LogP contribution < -0.4 is 0 Å². The first-order valence-electron chi connectivity index (χ1n) is 5.68. The van der Waals surface area contributed by atoms with E-state index in [-0.39, 0.29) is 11.2 Å². The van der Waals surface area contributed by atoms with Crippen LogP contribution in [-0.4, -0.2) is 12.0 Å². The van der Waals surface area contributed by atoms with E-state index in [0.717, 1.165) is 0 Å². The first-order valence-corrected chi connectivity index (χ1v) is 8.24. The summed E-state index contributed by atoms with van der Waals surface area (Å²) >= 11 is 0. The Morgan fingerprint density at radius 2 is 2.00 bits per heavy atom. The van der Waals surface area contributed by atoms with E-state index >= 15 is 0 Å². The predicted molar refractivity (Wildman–Crippen MR) is 78.9 cm³/mol. The highest BCUT2D eigenvalue weighted by atomic mass is 33.1. The van der Waals surface area contributed by atoms with Crippen LogP contribution in [-0.2, 0) is 10.2 Å². The molecule has 0 atom stereocenters. The molecule has 1 aromatic rings. The number of rotatable bonds is 5. The van der Waals surface area contributed by atoms with Gasteiger partial charge in [0.1, 0.15) is 5.78 Å². The minimum atomic E-state index is -0.0881. The predicted octanol–water partition coefficient (Wildman–Crippen LogP) is 4.62. The number of hydrogen-bond donors (Lipinski definition) is 0. The minimum absolute atomic E-state index is 0.0881. The normalized spacial score (nSPS) is 11.6. The van der Waals surface area contributed by atoms with Gasteiger partial charge in [-0.25, -0.2) is 0 Å². The minimum Gasteiger partial charge on any atom is -0.300 e. The summed E-state index contributed by atoms with van der Waals surface area (Å²) in [5.74, 6) is 0.248. The Kier molecular flexibility index (Phi) is 5.14. The van der Waals surface area contributed by atoms with Crippen LogP contribution in [0.25, 0.3) is 0 Å². The van der Waals surface area contributed by atoms with Gasteiger partial charge in [-0.2, -0.15) is 0 Å². The lowest BCUT2D eigenvalue weighted by atomic mass is 9.78. The van der Waals surface area contributed by atoms with E-state index in [1.165, 1.54) is 16.0 Å². The van der Waals surface area contributed by atoms with Crippen LogP contribution in [0.3, 0.4) is 0 Å². The van der Waals surface area contributed by atoms with Crippen molar-refractivity contribution in [1.29, 1.82) is 0 Å². The van der Waals surface area contributed by atoms with Crippen LogP contribution in [0.2, 0.25) is 0 Å². The second-order valence-electron chi connectivity index (χ2n) is 4.96. The average molecular weight is 268 g/mol. The number of hydrogen-bond acceptors (Lipinski definition) is 3. The van der Waals surface area contributed by atoms with E-state index in [1.807, 2.05) is 0 Å². The zero-order valence-electron chi connectivity index (χ0n) is 11.2. The maximum Gasteiger partial charge on any atom is 0.130 e. The number of benzene rings is 1. The van der Waals surface area contributed by atoms with Crippen molar-refractivity contribution in [2.75, 3.05) is 6.26 Å². The van der Waals surface area contributed by atoms with Crippen LogP contribution in [0.4, 0.5) is 0 Å². The summed E-state index contributed by atoms with van der Waals surface area (Å²) < 4.78 is 0. The van der Waals surface area contributed by atoms with Crippen LogP contribution in [0.1, 0.15) is 38.3 Å². The number of carbonyl (C=O) groups excluding carboxylic acids is 1. The Bertz CT molecular complexity index is 411. The van der Waals surface area contributed by atoms with Gasteiger partial charge in [0.05, 0.1) is 0 Å². The van der Waals surface area contributed by atoms with Crippen LogP contribution in [0, 0.1) is 6.92 Å². The molecule has 1 nitrogen and oxygen atoms in total. The van der Waals surface area contributed by atoms with E-state index < -0.39 is 0 Å². The summed E-state index contributed by atoms with van der Waals surface area (Å²) in [5, 5.41) is 0. The molecule has 0 aliphatic rings. The first kappa shape index (κ1) is 14.7. The summed E-state index contributed by atoms with van der Waals surface area (Å²) in [6.07, 6.45) is 2.68. The third-order valence-electron chi connectivity index (χ3n) is 2.78. The van der Waals surface area contributed by atoms with Gasteiger partial charge in [0, 0.05) is 11.3 Å². The Labute approximate surface area is 112 Å². The van der Waals surface area contributed by atoms with Gasteiger partial charge in [0.15, 0.2) is 0 Å². The molecular weight excluding hydrogens is 248 g/mol. The molecule has 0 aliphatic heterocycles. The molecule has 0 spiro atoms. The molecule has 0 N–H and O–H groups in total. The van der Waals surface area contributed by atoms with E-state index in [0.29, 0.717) is 6.42 Å². The highest BCUT2D eigenvalue weighted by Gasteiger charge is 2.27. The largest absolute Gasteiger partial charge is 0.300 e. The van der Waals surface area contributed by atoms with Gasteiger partial charge in [0.25, 0.3) is 0 Å². The lowest BCUT2D eigenvalue weighted by molar-refractivity contribution is -0.118. The fourth-order valence-corrected chi connectivity index (χ4v) is 4.17. The van der Waals surface area contributed by atoms with Gasteiger partial charge in [-0.15, -0.1) is 0 Å². The summed E-state index contributed by atoms with van der Waals surface area (Å²) in [7, 11) is 3.52. The van der Waals surface area contributed by atoms with Gasteiger partial charge >= 0.3 is 0 Å². The van der Waals surface area contributed by atoms with Crippen molar-refractivity contribution >= 4 is 27.4 Å². The Morgan fingerprint density at radius 3 is 2.53 bits per heavy atom. The van der Waals surface area contributed by atoms with Crippen molar-refractivity contribution in [3.05, 3.63) is 29.3 Å². The lowest BCUT2D eigenvalue weighted by Gasteiger charge is -2.28. The van der Waals surface area contributed by atoms with Crippen molar-refractivity contribution in [2.45, 2.75) is 44.4 Å². The van der Waals surface area contributed by atoms with Crippen molar-refractivity contribution in [3.8, 4) is 0 Å². The number of ketones is 1. The molecule has 0 bridgehead atoms. The van der Waals surface area contributed by atoms with Crippen LogP contribution in [0.15, 0.2) is 23.1 Å². The molecule has 1 aromatic carbocycles. The van der Waals surface area contributed by atoms with E-state index in [2.05, 4.69) is 45.2 Å². The maximum atomic E-state index is 11.4. The molecule has 0 radical (unpaired) electrons. The van der Waals surface area contributed by atoms with Crippen molar-refractivity contribution in [3.63, 3.8) is 0 Å². The van der Waals surface area contributed by atoms with E-state index in [4.69, 9.17) is 0 Å². The van der Waals surface area contributed by atoms with E-state index in [9.17, 15) is 4.79 Å². The maximum absolute atomic E-state index is 11.4. The first-order chi connectivity index (χ1) is 7.88. The lowest BCUT2D eigenvalue weighted by Crippen LogP contribution is -2.22. The monoisotopic (exact) mass is 268 g/mol. The molecule has 0 saturated carbocycles. The molecule has 0 aromatic heterocycles. The summed E-state index contributed by atoms with van der Waals surface area (Å²) in [5.41, 5.74) is 2.50. The molecular formula is C14H20OS2. The number of carbonyl (C=O) groups is 1. The second-order valence-corrected chi connectivity index (χ2v) is 7.40. The third-order valence-corrected chi connectivity index (χ3v) is 4.50. The molecule has 0 saturated heterocycles. The third kappa shape index (κ3) is 3.78. The molecule has 0 amide bonds. The second kappa shape index (κ2) is 5.96. The quantitative estimate of drug-likeness (QED) is 0.725. The summed E-state index contributed by atoms with van der Waals surface area (Å²) in [4.78, 5) is 12.7. The molecule has 1 rings (SSSR count). The molecule has 0 unspecified atom stereocenters. The SMILES string of the molecule is CSSc1cccc(C)c1C(C)(C)CC(C)=O. The fourth-order valence-electron chi connectivity index (χ4n) is 2.38. The standard InChI is InChI=1S/C14H20OS2/c1-10-7-6-8-12(17-16-5)13(10)14(3,4)9-11(2)15/h6-8H,9H2,1-5H3. The molecule has 0 fully saturated rings. The fraction of sp³-hybridized carbons (Fsp3) is 0.500. The Hall–Kier alpha value is -0.410. The molecule has 0 heterocycles. The van der Waals surface area contributed by atoms with Gasteiger partial charge < -0.3 is 0 Å². The van der Waals surface area contributed by atoms with Gasteiger partial charge in [-0.3, -0.25) is 4.79 Å². The van der Waals surface area contributed by atoms with Gasteiger partial charge in [-0.1, -0.05) is 47.6 Å². The number of aryl methyl sites for hydroxylation is 1. The van der Waals surface area contributed by atoms with Crippen LogP contribution in [0.5, 0.6) is 0 Å². The average Bonchev–Trinajstić information content (AvgIpc) is 2.15. The molecule has 3 heteroatoms.